The van der Waals surface area contributed by atoms with Crippen molar-refractivity contribution in [2.45, 2.75) is 19.5 Å². The minimum Gasteiger partial charge on any atom is -0.497 e. The zero-order valence-corrected chi connectivity index (χ0v) is 21.8. The van der Waals surface area contributed by atoms with Gasteiger partial charge in [-0.1, -0.05) is 30.3 Å². The molecule has 0 aliphatic carbocycles. The number of carbonyl (C=O) groups is 2. The number of hydrogen-bond donors (Lipinski definition) is 1. The SMILES string of the molecule is COc1ccc(C(=O)Cn2c(=O)n(Cc3ccco3)c(=O)c3ccc(C(=O)NCCc4ccccc4)cc32)cc1. The molecule has 0 atom stereocenters. The molecule has 3 aromatic carbocycles. The number of amides is 1. The summed E-state index contributed by atoms with van der Waals surface area (Å²) in [6, 6.07) is 24.1. The van der Waals surface area contributed by atoms with Crippen LogP contribution in [-0.4, -0.2) is 34.5 Å². The number of fused-ring (bicyclic) bond motifs is 1. The number of nitrogens with one attached hydrogen (secondary N) is 1. The maximum atomic E-state index is 13.6. The summed E-state index contributed by atoms with van der Waals surface area (Å²) in [4.78, 5) is 53.2. The molecule has 0 spiro atoms. The van der Waals surface area contributed by atoms with Crippen LogP contribution in [0.5, 0.6) is 5.75 Å². The van der Waals surface area contributed by atoms with Crippen LogP contribution in [-0.2, 0) is 19.5 Å². The van der Waals surface area contributed by atoms with Gasteiger partial charge in [0.15, 0.2) is 5.78 Å². The topological polar surface area (TPSA) is 113 Å². The van der Waals surface area contributed by atoms with Gasteiger partial charge in [-0.25, -0.2) is 4.79 Å². The lowest BCUT2D eigenvalue weighted by Gasteiger charge is -2.14. The standard InChI is InChI=1S/C31H27N3O6/c1-39-24-12-9-22(10-13-24)28(35)20-33-27-18-23(29(36)32-16-15-21-6-3-2-4-7-21)11-14-26(27)30(37)34(31(33)38)19-25-8-5-17-40-25/h2-14,17-18H,15-16,19-20H2,1H3,(H,32,36). The summed E-state index contributed by atoms with van der Waals surface area (Å²) in [5, 5.41) is 3.08. The second-order valence-corrected chi connectivity index (χ2v) is 9.21. The minimum atomic E-state index is -0.683. The molecule has 2 aromatic heterocycles. The number of Topliss-reactive ketones (excluding diaryl/α,β-unsaturated/α-hetero) is 1. The fourth-order valence-corrected chi connectivity index (χ4v) is 4.49. The number of benzene rings is 3. The van der Waals surface area contributed by atoms with Crippen LogP contribution in [0.3, 0.4) is 0 Å². The van der Waals surface area contributed by atoms with Crippen molar-refractivity contribution in [3.05, 3.63) is 134 Å². The zero-order chi connectivity index (χ0) is 28.1. The van der Waals surface area contributed by atoms with Crippen molar-refractivity contribution in [3.63, 3.8) is 0 Å². The number of aromatic nitrogens is 2. The second-order valence-electron chi connectivity index (χ2n) is 9.21. The number of ether oxygens (including phenoxy) is 1. The summed E-state index contributed by atoms with van der Waals surface area (Å²) in [5.74, 6) is 0.320. The van der Waals surface area contributed by atoms with E-state index in [1.54, 1.807) is 42.5 Å². The highest BCUT2D eigenvalue weighted by Crippen LogP contribution is 2.16. The Morgan fingerprint density at radius 2 is 1.62 bits per heavy atom. The number of carbonyl (C=O) groups excluding carboxylic acids is 2. The van der Waals surface area contributed by atoms with Gasteiger partial charge in [-0.15, -0.1) is 0 Å². The van der Waals surface area contributed by atoms with Gasteiger partial charge in [0.05, 0.1) is 37.4 Å². The van der Waals surface area contributed by atoms with E-state index in [1.807, 2.05) is 30.3 Å². The van der Waals surface area contributed by atoms with Gasteiger partial charge in [-0.05, 0) is 66.6 Å². The van der Waals surface area contributed by atoms with Gasteiger partial charge in [0.2, 0.25) is 0 Å². The van der Waals surface area contributed by atoms with E-state index in [-0.39, 0.29) is 41.2 Å². The highest BCUT2D eigenvalue weighted by molar-refractivity contribution is 5.99. The van der Waals surface area contributed by atoms with Crippen molar-refractivity contribution in [3.8, 4) is 5.75 Å². The van der Waals surface area contributed by atoms with Crippen molar-refractivity contribution in [1.82, 2.24) is 14.5 Å². The van der Waals surface area contributed by atoms with Crippen LogP contribution < -0.4 is 21.3 Å². The maximum Gasteiger partial charge on any atom is 0.332 e. The molecule has 9 heteroatoms. The van der Waals surface area contributed by atoms with Crippen LogP contribution in [0.4, 0.5) is 0 Å². The van der Waals surface area contributed by atoms with Gasteiger partial charge in [0.1, 0.15) is 11.5 Å². The Kier molecular flexibility index (Phi) is 7.72. The van der Waals surface area contributed by atoms with E-state index in [9.17, 15) is 19.2 Å². The molecule has 1 amide bonds. The lowest BCUT2D eigenvalue weighted by atomic mass is 10.1. The average molecular weight is 538 g/mol. The van der Waals surface area contributed by atoms with E-state index in [1.165, 1.54) is 30.1 Å². The monoisotopic (exact) mass is 537 g/mol. The van der Waals surface area contributed by atoms with Crippen molar-refractivity contribution in [1.29, 1.82) is 0 Å². The van der Waals surface area contributed by atoms with Crippen molar-refractivity contribution >= 4 is 22.6 Å². The van der Waals surface area contributed by atoms with E-state index >= 15 is 0 Å². The van der Waals surface area contributed by atoms with Gasteiger partial charge < -0.3 is 14.5 Å². The summed E-state index contributed by atoms with van der Waals surface area (Å²) in [6.45, 7) is -0.0212. The molecule has 40 heavy (non-hydrogen) atoms. The Bertz CT molecular complexity index is 1770. The van der Waals surface area contributed by atoms with Crippen molar-refractivity contribution in [2.75, 3.05) is 13.7 Å². The summed E-state index contributed by atoms with van der Waals surface area (Å²) in [7, 11) is 1.53. The molecule has 0 radical (unpaired) electrons. The quantitative estimate of drug-likeness (QED) is 0.272. The molecule has 9 nitrogen and oxygen atoms in total. The second kappa shape index (κ2) is 11.7. The molecular weight excluding hydrogens is 510 g/mol. The van der Waals surface area contributed by atoms with Crippen LogP contribution in [0.15, 0.2) is 105 Å². The first-order valence-corrected chi connectivity index (χ1v) is 12.7. The van der Waals surface area contributed by atoms with Crippen LogP contribution in [0, 0.1) is 0 Å². The molecule has 2 heterocycles. The smallest absolute Gasteiger partial charge is 0.332 e. The van der Waals surface area contributed by atoms with Gasteiger partial charge in [0, 0.05) is 17.7 Å². The Labute approximate surface area is 229 Å². The molecule has 202 valence electrons. The van der Waals surface area contributed by atoms with Crippen LogP contribution in [0.2, 0.25) is 0 Å². The van der Waals surface area contributed by atoms with E-state index in [0.29, 0.717) is 30.0 Å². The third-order valence-corrected chi connectivity index (χ3v) is 6.64. The molecule has 0 fully saturated rings. The van der Waals surface area contributed by atoms with Gasteiger partial charge in [-0.3, -0.25) is 23.5 Å². The Morgan fingerprint density at radius 1 is 0.875 bits per heavy atom. The predicted molar refractivity (Wildman–Crippen MR) is 150 cm³/mol. The summed E-state index contributed by atoms with van der Waals surface area (Å²) in [5.41, 5.74) is 0.707. The molecule has 0 bridgehead atoms. The zero-order valence-electron chi connectivity index (χ0n) is 21.8. The minimum absolute atomic E-state index is 0.0982. The number of methoxy groups -OCH3 is 1. The Balaban J connectivity index is 1.51. The number of hydrogen-bond acceptors (Lipinski definition) is 6. The normalized spacial score (nSPS) is 10.9. The molecule has 5 rings (SSSR count). The first-order valence-electron chi connectivity index (χ1n) is 12.7. The highest BCUT2D eigenvalue weighted by atomic mass is 16.5. The molecular formula is C31H27N3O6. The number of furan rings is 1. The fraction of sp³-hybridized carbons (Fsp3) is 0.161. The molecule has 0 saturated heterocycles. The van der Waals surface area contributed by atoms with Gasteiger partial charge >= 0.3 is 5.69 Å². The van der Waals surface area contributed by atoms with Crippen molar-refractivity contribution < 1.29 is 18.7 Å². The molecule has 0 saturated carbocycles. The third-order valence-electron chi connectivity index (χ3n) is 6.64. The lowest BCUT2D eigenvalue weighted by Crippen LogP contribution is -2.41. The summed E-state index contributed by atoms with van der Waals surface area (Å²) in [6.07, 6.45) is 2.11. The average Bonchev–Trinajstić information content (AvgIpc) is 3.51. The van der Waals surface area contributed by atoms with Crippen LogP contribution >= 0.6 is 0 Å². The first kappa shape index (κ1) is 26.4. The molecule has 0 aliphatic heterocycles. The van der Waals surface area contributed by atoms with E-state index in [2.05, 4.69) is 5.32 Å². The lowest BCUT2D eigenvalue weighted by molar-refractivity contribution is 0.0952. The predicted octanol–water partition coefficient (Wildman–Crippen LogP) is 3.67. The molecule has 0 unspecified atom stereocenters. The fourth-order valence-electron chi connectivity index (χ4n) is 4.49. The Morgan fingerprint density at radius 3 is 2.33 bits per heavy atom. The van der Waals surface area contributed by atoms with E-state index in [0.717, 1.165) is 10.1 Å². The largest absolute Gasteiger partial charge is 0.497 e. The van der Waals surface area contributed by atoms with E-state index in [4.69, 9.17) is 9.15 Å². The first-order chi connectivity index (χ1) is 19.4. The number of ketones is 1. The Hall–Kier alpha value is -5.18. The van der Waals surface area contributed by atoms with Gasteiger partial charge in [-0.2, -0.15) is 0 Å². The van der Waals surface area contributed by atoms with E-state index < -0.39 is 11.2 Å². The number of nitrogens with zero attached hydrogens (tertiary/aromatic N) is 2. The molecule has 1 N–H and O–H groups in total. The number of rotatable bonds is 10. The van der Waals surface area contributed by atoms with Crippen LogP contribution in [0.1, 0.15) is 32.0 Å². The molecule has 5 aromatic rings. The van der Waals surface area contributed by atoms with Crippen LogP contribution in [0.25, 0.3) is 10.9 Å². The summed E-state index contributed by atoms with van der Waals surface area (Å²) < 4.78 is 12.8. The van der Waals surface area contributed by atoms with Gasteiger partial charge in [0.25, 0.3) is 11.5 Å². The summed E-state index contributed by atoms with van der Waals surface area (Å²) >= 11 is 0. The maximum absolute atomic E-state index is 13.6. The van der Waals surface area contributed by atoms with Crippen molar-refractivity contribution in [2.24, 2.45) is 0 Å². The highest BCUT2D eigenvalue weighted by Gasteiger charge is 2.19. The third kappa shape index (κ3) is 5.63. The molecule has 0 aliphatic rings.